The van der Waals surface area contributed by atoms with Crippen molar-refractivity contribution in [1.29, 1.82) is 0 Å². The highest BCUT2D eigenvalue weighted by molar-refractivity contribution is 4.51. The van der Waals surface area contributed by atoms with E-state index in [1.54, 1.807) is 6.08 Å². The van der Waals surface area contributed by atoms with Crippen LogP contribution in [0, 0.1) is 0 Å². The number of hydrogen-bond acceptors (Lipinski definition) is 0. The van der Waals surface area contributed by atoms with E-state index in [0.717, 1.165) is 0 Å². The molecular formula is C11H28. The molecule has 72 valence electrons. The first-order valence-corrected chi connectivity index (χ1v) is 4.90. The van der Waals surface area contributed by atoms with Gasteiger partial charge in [-0.25, -0.2) is 0 Å². The van der Waals surface area contributed by atoms with Crippen molar-refractivity contribution in [1.82, 2.24) is 0 Å². The lowest BCUT2D eigenvalue weighted by atomic mass is 10.4. The van der Waals surface area contributed by atoms with E-state index < -0.39 is 0 Å². The molecule has 0 radical (unpaired) electrons. The van der Waals surface area contributed by atoms with E-state index >= 15 is 0 Å². The van der Waals surface area contributed by atoms with Gasteiger partial charge in [0.05, 0.1) is 0 Å². The van der Waals surface area contributed by atoms with Gasteiger partial charge in [0.1, 0.15) is 0 Å². The summed E-state index contributed by atoms with van der Waals surface area (Å²) >= 11 is 0. The van der Waals surface area contributed by atoms with Crippen molar-refractivity contribution >= 4 is 0 Å². The van der Waals surface area contributed by atoms with Crippen molar-refractivity contribution in [3.8, 4) is 0 Å². The molecule has 0 aromatic heterocycles. The van der Waals surface area contributed by atoms with Gasteiger partial charge in [0, 0.05) is 0 Å². The van der Waals surface area contributed by atoms with Crippen LogP contribution in [0.3, 0.4) is 0 Å². The minimum atomic E-state index is 1.32. The van der Waals surface area contributed by atoms with E-state index in [9.17, 15) is 0 Å². The first-order valence-electron chi connectivity index (χ1n) is 4.90. The molecule has 0 aliphatic rings. The summed E-state index contributed by atoms with van der Waals surface area (Å²) in [4.78, 5) is 0. The SMILES string of the molecule is C=CC.CC.CC.CCCC. The summed E-state index contributed by atoms with van der Waals surface area (Å²) in [5.74, 6) is 0. The van der Waals surface area contributed by atoms with Gasteiger partial charge in [0.25, 0.3) is 0 Å². The molecule has 0 fully saturated rings. The number of rotatable bonds is 1. The molecular weight excluding hydrogens is 132 g/mol. The van der Waals surface area contributed by atoms with Gasteiger partial charge in [-0.3, -0.25) is 0 Å². The molecule has 0 aromatic carbocycles. The topological polar surface area (TPSA) is 0 Å². The van der Waals surface area contributed by atoms with E-state index in [1.165, 1.54) is 12.8 Å². The van der Waals surface area contributed by atoms with Crippen molar-refractivity contribution in [2.75, 3.05) is 0 Å². The second-order valence-electron chi connectivity index (χ2n) is 1.41. The van der Waals surface area contributed by atoms with E-state index in [0.29, 0.717) is 0 Å². The summed E-state index contributed by atoms with van der Waals surface area (Å²) in [5, 5.41) is 0. The minimum absolute atomic E-state index is 1.32. The lowest BCUT2D eigenvalue weighted by Crippen LogP contribution is -1.47. The average Bonchev–Trinajstić information content (AvgIpc) is 2.12. The maximum absolute atomic E-state index is 3.36. The Bertz CT molecular complexity index is 19.2. The zero-order chi connectivity index (χ0) is 10.1. The summed E-state index contributed by atoms with van der Waals surface area (Å²) in [7, 11) is 0. The zero-order valence-electron chi connectivity index (χ0n) is 9.70. The smallest absolute Gasteiger partial charge is 0.0473 e. The van der Waals surface area contributed by atoms with Gasteiger partial charge in [-0.15, -0.1) is 6.58 Å². The molecule has 0 aromatic rings. The van der Waals surface area contributed by atoms with Crippen molar-refractivity contribution in [3.63, 3.8) is 0 Å². The van der Waals surface area contributed by atoms with Crippen LogP contribution < -0.4 is 0 Å². The summed E-state index contributed by atoms with van der Waals surface area (Å²) in [6.07, 6.45) is 4.39. The number of allylic oxidation sites excluding steroid dienone is 1. The average molecular weight is 160 g/mol. The molecule has 0 atom stereocenters. The Morgan fingerprint density at radius 2 is 1.00 bits per heavy atom. The Balaban J connectivity index is -0.0000000315. The maximum Gasteiger partial charge on any atom is -0.0473 e. The van der Waals surface area contributed by atoms with Gasteiger partial charge < -0.3 is 0 Å². The third kappa shape index (κ3) is 1070. The lowest BCUT2D eigenvalue weighted by Gasteiger charge is -1.68. The monoisotopic (exact) mass is 160 g/mol. The second kappa shape index (κ2) is 99.1. The van der Waals surface area contributed by atoms with E-state index in [2.05, 4.69) is 20.4 Å². The molecule has 0 rings (SSSR count). The Hall–Kier alpha value is -0.260. The molecule has 0 aliphatic heterocycles. The van der Waals surface area contributed by atoms with Crippen molar-refractivity contribution < 1.29 is 0 Å². The molecule has 0 heterocycles. The first kappa shape index (κ1) is 22.4. The largest absolute Gasteiger partial charge is 0.103 e. The third-order valence-corrected chi connectivity index (χ3v) is 0.500. The highest BCUT2D eigenvalue weighted by Gasteiger charge is 1.56. The van der Waals surface area contributed by atoms with Crippen LogP contribution in [-0.4, -0.2) is 0 Å². The fraction of sp³-hybridized carbons (Fsp3) is 0.818. The summed E-state index contributed by atoms with van der Waals surface area (Å²) in [6, 6.07) is 0. The quantitative estimate of drug-likeness (QED) is 0.471. The Morgan fingerprint density at radius 1 is 0.909 bits per heavy atom. The molecule has 0 N–H and O–H groups in total. The van der Waals surface area contributed by atoms with Gasteiger partial charge in [-0.1, -0.05) is 60.5 Å². The van der Waals surface area contributed by atoms with Gasteiger partial charge >= 0.3 is 0 Å². The molecule has 0 heteroatoms. The molecule has 0 aliphatic carbocycles. The van der Waals surface area contributed by atoms with Crippen molar-refractivity contribution in [2.24, 2.45) is 0 Å². The molecule has 0 nitrogen and oxygen atoms in total. The van der Waals surface area contributed by atoms with Crippen LogP contribution in [0.1, 0.15) is 61.3 Å². The van der Waals surface area contributed by atoms with Crippen molar-refractivity contribution in [3.05, 3.63) is 12.7 Å². The summed E-state index contributed by atoms with van der Waals surface area (Å²) in [5.41, 5.74) is 0. The maximum atomic E-state index is 3.36. The van der Waals surface area contributed by atoms with Crippen LogP contribution in [0.5, 0.6) is 0 Å². The molecule has 0 saturated carbocycles. The van der Waals surface area contributed by atoms with Crippen molar-refractivity contribution in [2.45, 2.75) is 61.3 Å². The second-order valence-corrected chi connectivity index (χ2v) is 1.41. The van der Waals surface area contributed by atoms with E-state index in [4.69, 9.17) is 0 Å². The molecule has 0 unspecified atom stereocenters. The number of unbranched alkanes of at least 4 members (excludes halogenated alkanes) is 1. The van der Waals surface area contributed by atoms with E-state index in [-0.39, 0.29) is 0 Å². The fourth-order valence-electron chi connectivity index (χ4n) is 0. The number of hydrogen-bond donors (Lipinski definition) is 0. The Morgan fingerprint density at radius 3 is 1.00 bits per heavy atom. The first-order chi connectivity index (χ1) is 5.33. The molecule has 0 saturated heterocycles. The zero-order valence-corrected chi connectivity index (χ0v) is 9.70. The van der Waals surface area contributed by atoms with Crippen LogP contribution in [0.2, 0.25) is 0 Å². The fourth-order valence-corrected chi connectivity index (χ4v) is 0. The molecule has 11 heavy (non-hydrogen) atoms. The standard InChI is InChI=1S/C4H10.C3H6.2C2H6/c1-3-4-2;1-3-2;2*1-2/h3-4H2,1-2H3;3H,1H2,2H3;2*1-2H3. The molecule has 0 spiro atoms. The van der Waals surface area contributed by atoms with Crippen LogP contribution in [0.15, 0.2) is 12.7 Å². The van der Waals surface area contributed by atoms with Gasteiger partial charge in [0.2, 0.25) is 0 Å². The van der Waals surface area contributed by atoms with Crippen LogP contribution in [0.25, 0.3) is 0 Å². The summed E-state index contributed by atoms with van der Waals surface area (Å²) < 4.78 is 0. The van der Waals surface area contributed by atoms with Gasteiger partial charge in [-0.05, 0) is 6.92 Å². The van der Waals surface area contributed by atoms with Gasteiger partial charge in [0.15, 0.2) is 0 Å². The van der Waals surface area contributed by atoms with Crippen LogP contribution >= 0.6 is 0 Å². The summed E-state index contributed by atoms with van der Waals surface area (Å²) in [6.45, 7) is 17.6. The van der Waals surface area contributed by atoms with Crippen LogP contribution in [0.4, 0.5) is 0 Å². The molecule has 0 amide bonds. The van der Waals surface area contributed by atoms with Crippen LogP contribution in [-0.2, 0) is 0 Å². The Labute approximate surface area is 74.7 Å². The highest BCUT2D eigenvalue weighted by atomic mass is 13.6. The van der Waals surface area contributed by atoms with E-state index in [1.807, 2.05) is 34.6 Å². The normalized spacial score (nSPS) is 5.00. The Kier molecular flexibility index (Phi) is 202. The lowest BCUT2D eigenvalue weighted by molar-refractivity contribution is 0.886. The third-order valence-electron chi connectivity index (χ3n) is 0.500. The highest BCUT2D eigenvalue weighted by Crippen LogP contribution is 1.76. The predicted molar refractivity (Wildman–Crippen MR) is 59.1 cm³/mol. The predicted octanol–water partition coefficient (Wildman–Crippen LogP) is 5.05. The van der Waals surface area contributed by atoms with Gasteiger partial charge in [-0.2, -0.15) is 0 Å². The molecule has 0 bridgehead atoms. The minimum Gasteiger partial charge on any atom is -0.103 e.